The number of phenols is 2. The molecule has 1 aliphatic heterocycles. The fraction of sp³-hybridized carbons (Fsp3) is 0.294. The van der Waals surface area contributed by atoms with Crippen LogP contribution in [0.3, 0.4) is 0 Å². The zero-order valence-corrected chi connectivity index (χ0v) is 11.6. The van der Waals surface area contributed by atoms with Crippen molar-refractivity contribution in [2.75, 3.05) is 6.54 Å². The molecule has 1 aliphatic rings. The van der Waals surface area contributed by atoms with Crippen LogP contribution in [0.1, 0.15) is 30.0 Å². The molecular formula is C17H18FNO2. The van der Waals surface area contributed by atoms with Crippen molar-refractivity contribution in [2.24, 2.45) is 0 Å². The molecule has 3 nitrogen and oxygen atoms in total. The van der Waals surface area contributed by atoms with E-state index in [4.69, 9.17) is 0 Å². The van der Waals surface area contributed by atoms with Crippen LogP contribution in [0.15, 0.2) is 48.5 Å². The number of hydrogen-bond acceptors (Lipinski definition) is 3. The molecule has 4 heteroatoms. The van der Waals surface area contributed by atoms with Crippen molar-refractivity contribution in [1.29, 1.82) is 0 Å². The highest BCUT2D eigenvalue weighted by atomic mass is 19.1. The molecule has 21 heavy (non-hydrogen) atoms. The minimum Gasteiger partial charge on any atom is -0.508 e. The molecule has 3 rings (SSSR count). The standard InChI is InChI=1S/C17H18FNO2/c18-17(13-6-2-4-8-16(13)21)9-10-19-14(11-17)12-5-1-3-7-15(12)20/h1-8,14,19-21H,9-11H2. The second kappa shape index (κ2) is 5.37. The van der Waals surface area contributed by atoms with Crippen LogP contribution < -0.4 is 5.32 Å². The molecule has 0 amide bonds. The Labute approximate surface area is 123 Å². The van der Waals surface area contributed by atoms with Crippen molar-refractivity contribution in [3.8, 4) is 11.5 Å². The number of para-hydroxylation sites is 2. The van der Waals surface area contributed by atoms with Crippen LogP contribution in [0.25, 0.3) is 0 Å². The molecule has 0 aromatic heterocycles. The lowest BCUT2D eigenvalue weighted by Gasteiger charge is -2.36. The maximum absolute atomic E-state index is 15.4. The van der Waals surface area contributed by atoms with Gasteiger partial charge < -0.3 is 15.5 Å². The number of piperidine rings is 1. The number of nitrogens with one attached hydrogen (secondary N) is 1. The predicted molar refractivity (Wildman–Crippen MR) is 79.0 cm³/mol. The third-order valence-electron chi connectivity index (χ3n) is 4.14. The molecule has 0 spiro atoms. The maximum Gasteiger partial charge on any atom is 0.142 e. The van der Waals surface area contributed by atoms with E-state index in [0.717, 1.165) is 0 Å². The summed E-state index contributed by atoms with van der Waals surface area (Å²) >= 11 is 0. The van der Waals surface area contributed by atoms with E-state index in [-0.39, 0.29) is 24.0 Å². The Bertz CT molecular complexity index is 646. The van der Waals surface area contributed by atoms with Crippen molar-refractivity contribution in [3.63, 3.8) is 0 Å². The van der Waals surface area contributed by atoms with Crippen molar-refractivity contribution in [2.45, 2.75) is 24.6 Å². The van der Waals surface area contributed by atoms with Gasteiger partial charge in [-0.05, 0) is 25.1 Å². The minimum atomic E-state index is -1.59. The van der Waals surface area contributed by atoms with Crippen LogP contribution >= 0.6 is 0 Å². The summed E-state index contributed by atoms with van der Waals surface area (Å²) in [5.41, 5.74) is -0.578. The summed E-state index contributed by atoms with van der Waals surface area (Å²) in [7, 11) is 0. The average Bonchev–Trinajstić information content (AvgIpc) is 2.48. The lowest BCUT2D eigenvalue weighted by molar-refractivity contribution is 0.0869. The smallest absolute Gasteiger partial charge is 0.142 e. The summed E-state index contributed by atoms with van der Waals surface area (Å²) in [4.78, 5) is 0. The first kappa shape index (κ1) is 13.9. The molecule has 2 aromatic carbocycles. The number of phenolic OH excluding ortho intramolecular Hbond substituents is 2. The second-order valence-electron chi connectivity index (χ2n) is 5.50. The molecule has 0 saturated carbocycles. The Balaban J connectivity index is 1.93. The van der Waals surface area contributed by atoms with Gasteiger partial charge in [-0.15, -0.1) is 0 Å². The van der Waals surface area contributed by atoms with Gasteiger partial charge in [-0.3, -0.25) is 0 Å². The van der Waals surface area contributed by atoms with Crippen LogP contribution in [0.2, 0.25) is 0 Å². The Kier molecular flexibility index (Phi) is 3.55. The van der Waals surface area contributed by atoms with Crippen molar-refractivity contribution in [3.05, 3.63) is 59.7 Å². The van der Waals surface area contributed by atoms with Crippen LogP contribution in [-0.4, -0.2) is 16.8 Å². The maximum atomic E-state index is 15.4. The summed E-state index contributed by atoms with van der Waals surface area (Å²) in [5.74, 6) is 0.148. The summed E-state index contributed by atoms with van der Waals surface area (Å²) in [6.07, 6.45) is 0.483. The van der Waals surface area contributed by atoms with Crippen LogP contribution in [0.5, 0.6) is 11.5 Å². The SMILES string of the molecule is Oc1ccccc1C1CC(F)(c2ccccc2O)CCN1. The van der Waals surface area contributed by atoms with Gasteiger partial charge in [-0.2, -0.15) is 0 Å². The Hall–Kier alpha value is -2.07. The lowest BCUT2D eigenvalue weighted by Crippen LogP contribution is -2.39. The van der Waals surface area contributed by atoms with E-state index in [2.05, 4.69) is 5.32 Å². The topological polar surface area (TPSA) is 52.5 Å². The molecule has 2 unspecified atom stereocenters. The van der Waals surface area contributed by atoms with E-state index in [9.17, 15) is 10.2 Å². The molecule has 2 aromatic rings. The van der Waals surface area contributed by atoms with Gasteiger partial charge in [-0.1, -0.05) is 36.4 Å². The third kappa shape index (κ3) is 2.59. The van der Waals surface area contributed by atoms with E-state index in [1.54, 1.807) is 36.4 Å². The molecule has 0 radical (unpaired) electrons. The number of alkyl halides is 1. The normalized spacial score (nSPS) is 25.7. The molecule has 3 N–H and O–H groups in total. The number of hydrogen-bond donors (Lipinski definition) is 3. The number of rotatable bonds is 2. The van der Waals surface area contributed by atoms with Crippen molar-refractivity contribution < 1.29 is 14.6 Å². The second-order valence-corrected chi connectivity index (χ2v) is 5.50. The molecule has 0 aliphatic carbocycles. The van der Waals surface area contributed by atoms with E-state index < -0.39 is 5.67 Å². The van der Waals surface area contributed by atoms with E-state index >= 15 is 4.39 Å². The van der Waals surface area contributed by atoms with Crippen molar-refractivity contribution in [1.82, 2.24) is 5.32 Å². The van der Waals surface area contributed by atoms with Crippen molar-refractivity contribution >= 4 is 0 Å². The van der Waals surface area contributed by atoms with Crippen LogP contribution in [-0.2, 0) is 5.67 Å². The summed E-state index contributed by atoms with van der Waals surface area (Å²) in [5, 5.41) is 23.1. The van der Waals surface area contributed by atoms with Gasteiger partial charge in [0.2, 0.25) is 0 Å². The van der Waals surface area contributed by atoms with Gasteiger partial charge in [0.05, 0.1) is 0 Å². The number of benzene rings is 2. The van der Waals surface area contributed by atoms with Gasteiger partial charge in [0.25, 0.3) is 0 Å². The largest absolute Gasteiger partial charge is 0.508 e. The Morgan fingerprint density at radius 1 is 1.00 bits per heavy atom. The van der Waals surface area contributed by atoms with Crippen LogP contribution in [0, 0.1) is 0 Å². The van der Waals surface area contributed by atoms with E-state index in [0.29, 0.717) is 24.1 Å². The first-order valence-corrected chi connectivity index (χ1v) is 7.09. The molecule has 1 saturated heterocycles. The zero-order chi connectivity index (χ0) is 14.9. The first-order valence-electron chi connectivity index (χ1n) is 7.09. The monoisotopic (exact) mass is 287 g/mol. The lowest BCUT2D eigenvalue weighted by atomic mass is 9.81. The molecule has 1 fully saturated rings. The number of aromatic hydroxyl groups is 2. The average molecular weight is 287 g/mol. The van der Waals surface area contributed by atoms with Gasteiger partial charge >= 0.3 is 0 Å². The highest BCUT2D eigenvalue weighted by Gasteiger charge is 2.40. The van der Waals surface area contributed by atoms with Gasteiger partial charge in [0, 0.05) is 23.6 Å². The fourth-order valence-corrected chi connectivity index (χ4v) is 3.04. The summed E-state index contributed by atoms with van der Waals surface area (Å²) in [6.45, 7) is 0.490. The van der Waals surface area contributed by atoms with E-state index in [1.165, 1.54) is 6.07 Å². The molecule has 1 heterocycles. The zero-order valence-electron chi connectivity index (χ0n) is 11.6. The van der Waals surface area contributed by atoms with E-state index in [1.807, 2.05) is 6.07 Å². The molecular weight excluding hydrogens is 269 g/mol. The third-order valence-corrected chi connectivity index (χ3v) is 4.14. The quantitative estimate of drug-likeness (QED) is 0.793. The Morgan fingerprint density at radius 3 is 2.38 bits per heavy atom. The summed E-state index contributed by atoms with van der Waals surface area (Å²) < 4.78 is 15.4. The van der Waals surface area contributed by atoms with Gasteiger partial charge in [0.15, 0.2) is 0 Å². The predicted octanol–water partition coefficient (Wildman–Crippen LogP) is 3.39. The first-order chi connectivity index (χ1) is 10.1. The molecule has 2 atom stereocenters. The Morgan fingerprint density at radius 2 is 1.67 bits per heavy atom. The minimum absolute atomic E-state index is 0.0158. The number of halogens is 1. The molecule has 110 valence electrons. The van der Waals surface area contributed by atoms with Crippen LogP contribution in [0.4, 0.5) is 4.39 Å². The van der Waals surface area contributed by atoms with Gasteiger partial charge in [-0.25, -0.2) is 4.39 Å². The highest BCUT2D eigenvalue weighted by molar-refractivity contribution is 5.40. The van der Waals surface area contributed by atoms with Gasteiger partial charge in [0.1, 0.15) is 17.2 Å². The summed E-state index contributed by atoms with van der Waals surface area (Å²) in [6, 6.07) is 13.2. The molecule has 0 bridgehead atoms. The fourth-order valence-electron chi connectivity index (χ4n) is 3.04. The highest BCUT2D eigenvalue weighted by Crippen LogP contribution is 2.45.